The molecule has 0 amide bonds. The molecule has 0 unspecified atom stereocenters. The van der Waals surface area contributed by atoms with Crippen molar-refractivity contribution >= 4 is 15.9 Å². The zero-order chi connectivity index (χ0) is 15.0. The average molecular weight is 302 g/mol. The van der Waals surface area contributed by atoms with Crippen LogP contribution in [0.5, 0.6) is 11.5 Å². The van der Waals surface area contributed by atoms with Gasteiger partial charge in [-0.25, -0.2) is 8.42 Å². The first-order valence-corrected chi connectivity index (χ1v) is 7.93. The van der Waals surface area contributed by atoms with Gasteiger partial charge in [0.05, 0.1) is 9.80 Å². The molecule has 0 radical (unpaired) electrons. The first-order valence-electron chi connectivity index (χ1n) is 6.45. The lowest BCUT2D eigenvalue weighted by Crippen LogP contribution is -2.08. The summed E-state index contributed by atoms with van der Waals surface area (Å²) in [6.07, 6.45) is 1.58. The molecular weight excluding hydrogens is 288 g/mol. The van der Waals surface area contributed by atoms with Crippen LogP contribution in [-0.2, 0) is 9.84 Å². The van der Waals surface area contributed by atoms with Crippen LogP contribution in [0.25, 0.3) is 6.08 Å². The van der Waals surface area contributed by atoms with Crippen LogP contribution < -0.4 is 4.74 Å². The molecule has 0 saturated heterocycles. The van der Waals surface area contributed by atoms with Crippen LogP contribution in [0.1, 0.15) is 11.1 Å². The van der Waals surface area contributed by atoms with Crippen LogP contribution >= 0.6 is 0 Å². The fourth-order valence-corrected chi connectivity index (χ4v) is 3.67. The summed E-state index contributed by atoms with van der Waals surface area (Å²) in [5.74, 6) is 0.557. The van der Waals surface area contributed by atoms with E-state index in [4.69, 9.17) is 4.74 Å². The maximum atomic E-state index is 12.4. The Labute approximate surface area is 123 Å². The average Bonchev–Trinajstić information content (AvgIpc) is 2.70. The predicted molar refractivity (Wildman–Crippen MR) is 79.9 cm³/mol. The van der Waals surface area contributed by atoms with Gasteiger partial charge in [-0.05, 0) is 48.9 Å². The van der Waals surface area contributed by atoms with Gasteiger partial charge in [0.15, 0.2) is 0 Å². The highest BCUT2D eigenvalue weighted by atomic mass is 32.2. The third-order valence-electron chi connectivity index (χ3n) is 3.35. The minimum absolute atomic E-state index is 0.0269. The predicted octanol–water partition coefficient (Wildman–Crippen LogP) is 2.91. The number of sulfone groups is 1. The number of fused-ring (bicyclic) bond motifs is 1. The second-order valence-electron chi connectivity index (χ2n) is 4.94. The number of phenols is 1. The summed E-state index contributed by atoms with van der Waals surface area (Å²) in [5, 5.41) is 9.43. The van der Waals surface area contributed by atoms with Gasteiger partial charge in [-0.1, -0.05) is 17.7 Å². The summed E-state index contributed by atoms with van der Waals surface area (Å²) >= 11 is 0. The molecule has 2 aromatic carbocycles. The normalized spacial score (nSPS) is 15.4. The van der Waals surface area contributed by atoms with Crippen molar-refractivity contribution in [1.29, 1.82) is 0 Å². The van der Waals surface area contributed by atoms with Gasteiger partial charge in [0.2, 0.25) is 9.84 Å². The molecule has 1 aliphatic heterocycles. The van der Waals surface area contributed by atoms with Gasteiger partial charge in [0.25, 0.3) is 0 Å². The van der Waals surface area contributed by atoms with Crippen molar-refractivity contribution in [2.75, 3.05) is 6.61 Å². The van der Waals surface area contributed by atoms with Gasteiger partial charge >= 0.3 is 0 Å². The van der Waals surface area contributed by atoms with Crippen LogP contribution in [0.4, 0.5) is 0 Å². The van der Waals surface area contributed by atoms with Crippen molar-refractivity contribution in [3.8, 4) is 11.5 Å². The Morgan fingerprint density at radius 3 is 2.52 bits per heavy atom. The Balaban J connectivity index is 1.83. The number of hydrogen-bond donors (Lipinski definition) is 1. The maximum Gasteiger partial charge on any atom is 0.206 e. The minimum atomic E-state index is -3.57. The van der Waals surface area contributed by atoms with E-state index in [2.05, 4.69) is 0 Å². The molecular formula is C16H14O4S. The van der Waals surface area contributed by atoms with E-state index in [9.17, 15) is 13.5 Å². The molecule has 0 atom stereocenters. The molecule has 1 aliphatic rings. The highest BCUT2D eigenvalue weighted by Gasteiger charge is 2.30. The van der Waals surface area contributed by atoms with Gasteiger partial charge in [-0.15, -0.1) is 0 Å². The number of aryl methyl sites for hydroxylation is 1. The summed E-state index contributed by atoms with van der Waals surface area (Å²) < 4.78 is 30.2. The van der Waals surface area contributed by atoms with Gasteiger partial charge in [0, 0.05) is 0 Å². The molecule has 0 fully saturated rings. The molecule has 1 heterocycles. The largest absolute Gasteiger partial charge is 0.508 e. The molecule has 0 aromatic heterocycles. The Morgan fingerprint density at radius 1 is 1.10 bits per heavy atom. The zero-order valence-corrected chi connectivity index (χ0v) is 12.2. The van der Waals surface area contributed by atoms with E-state index in [0.717, 1.165) is 5.56 Å². The second-order valence-corrected chi connectivity index (χ2v) is 6.91. The SMILES string of the molecule is Cc1ccc(OCC2=Cc3ccc(O)cc3S2(=O)=O)cc1. The minimum Gasteiger partial charge on any atom is -0.508 e. The number of aromatic hydroxyl groups is 1. The lowest BCUT2D eigenvalue weighted by Gasteiger charge is -2.07. The Morgan fingerprint density at radius 2 is 1.81 bits per heavy atom. The second kappa shape index (κ2) is 4.93. The van der Waals surface area contributed by atoms with Gasteiger partial charge in [-0.3, -0.25) is 0 Å². The highest BCUT2D eigenvalue weighted by molar-refractivity contribution is 7.95. The lowest BCUT2D eigenvalue weighted by molar-refractivity contribution is 0.359. The van der Waals surface area contributed by atoms with Crippen LogP contribution in [-0.4, -0.2) is 20.1 Å². The molecule has 4 nitrogen and oxygen atoms in total. The number of benzene rings is 2. The molecule has 108 valence electrons. The van der Waals surface area contributed by atoms with E-state index < -0.39 is 9.84 Å². The van der Waals surface area contributed by atoms with Gasteiger partial charge in [-0.2, -0.15) is 0 Å². The van der Waals surface area contributed by atoms with Crippen molar-refractivity contribution in [3.63, 3.8) is 0 Å². The molecule has 3 rings (SSSR count). The zero-order valence-electron chi connectivity index (χ0n) is 11.4. The molecule has 0 spiro atoms. The highest BCUT2D eigenvalue weighted by Crippen LogP contribution is 2.35. The summed E-state index contributed by atoms with van der Waals surface area (Å²) in [6, 6.07) is 11.7. The number of hydrogen-bond acceptors (Lipinski definition) is 4. The first kappa shape index (κ1) is 13.7. The Bertz CT molecular complexity index is 818. The standard InChI is InChI=1S/C16H14O4S/c1-11-2-6-14(7-3-11)20-10-15-8-12-4-5-13(17)9-16(12)21(15,18)19/h2-9,17H,10H2,1H3. The van der Waals surface area contributed by atoms with Crippen molar-refractivity contribution in [2.24, 2.45) is 0 Å². The third kappa shape index (κ3) is 2.52. The maximum absolute atomic E-state index is 12.4. The van der Waals surface area contributed by atoms with Crippen LogP contribution in [0, 0.1) is 6.92 Å². The summed E-state index contributed by atoms with van der Waals surface area (Å²) in [5.41, 5.74) is 1.69. The van der Waals surface area contributed by atoms with Gasteiger partial charge in [0.1, 0.15) is 18.1 Å². The van der Waals surface area contributed by atoms with E-state index in [-0.39, 0.29) is 22.2 Å². The topological polar surface area (TPSA) is 63.6 Å². The van der Waals surface area contributed by atoms with E-state index in [1.807, 2.05) is 19.1 Å². The quantitative estimate of drug-likeness (QED) is 0.947. The van der Waals surface area contributed by atoms with E-state index in [1.54, 1.807) is 24.3 Å². The van der Waals surface area contributed by atoms with Crippen LogP contribution in [0.2, 0.25) is 0 Å². The molecule has 5 heteroatoms. The summed E-state index contributed by atoms with van der Waals surface area (Å²) in [6.45, 7) is 1.94. The summed E-state index contributed by atoms with van der Waals surface area (Å²) in [7, 11) is -3.57. The van der Waals surface area contributed by atoms with E-state index >= 15 is 0 Å². The van der Waals surface area contributed by atoms with Gasteiger partial charge < -0.3 is 9.84 Å². The van der Waals surface area contributed by atoms with Crippen molar-refractivity contribution in [1.82, 2.24) is 0 Å². The van der Waals surface area contributed by atoms with E-state index in [1.165, 1.54) is 12.1 Å². The van der Waals surface area contributed by atoms with Crippen LogP contribution in [0.15, 0.2) is 52.3 Å². The first-order chi connectivity index (χ1) is 9.96. The third-order valence-corrected chi connectivity index (χ3v) is 5.21. The lowest BCUT2D eigenvalue weighted by atomic mass is 10.2. The van der Waals surface area contributed by atoms with Crippen LogP contribution in [0.3, 0.4) is 0 Å². The number of rotatable bonds is 3. The Kier molecular flexibility index (Phi) is 3.22. The number of phenolic OH excluding ortho intramolecular Hbond substituents is 1. The monoisotopic (exact) mass is 302 g/mol. The Hall–Kier alpha value is -2.27. The van der Waals surface area contributed by atoms with Crippen molar-refractivity contribution in [3.05, 3.63) is 58.5 Å². The van der Waals surface area contributed by atoms with Crippen molar-refractivity contribution < 1.29 is 18.3 Å². The molecule has 21 heavy (non-hydrogen) atoms. The summed E-state index contributed by atoms with van der Waals surface area (Å²) in [4.78, 5) is 0.327. The molecule has 0 aliphatic carbocycles. The number of ether oxygens (including phenoxy) is 1. The fourth-order valence-electron chi connectivity index (χ4n) is 2.18. The smallest absolute Gasteiger partial charge is 0.206 e. The molecule has 1 N–H and O–H groups in total. The molecule has 0 bridgehead atoms. The molecule has 2 aromatic rings. The van der Waals surface area contributed by atoms with E-state index in [0.29, 0.717) is 11.3 Å². The molecule has 0 saturated carbocycles. The fraction of sp³-hybridized carbons (Fsp3) is 0.125. The van der Waals surface area contributed by atoms with Crippen molar-refractivity contribution in [2.45, 2.75) is 11.8 Å².